The number of nitrogens with zero attached hydrogens (tertiary/aromatic N) is 1. The first-order chi connectivity index (χ1) is 9.59. The van der Waals surface area contributed by atoms with Gasteiger partial charge in [-0.15, -0.1) is 0 Å². The molecular weight excluding hydrogens is 322 g/mol. The van der Waals surface area contributed by atoms with Crippen LogP contribution in [0.25, 0.3) is 0 Å². The summed E-state index contributed by atoms with van der Waals surface area (Å²) >= 11 is 0. The third-order valence-electron chi connectivity index (χ3n) is 4.91. The van der Waals surface area contributed by atoms with Crippen molar-refractivity contribution in [3.05, 3.63) is 29.8 Å². The molecule has 0 aromatic heterocycles. The Morgan fingerprint density at radius 2 is 1.57 bits per heavy atom. The summed E-state index contributed by atoms with van der Waals surface area (Å²) in [6, 6.07) is 8.91. The quantitative estimate of drug-likeness (QED) is 0.524. The molecule has 0 bridgehead atoms. The fraction of sp³-hybridized carbons (Fsp3) is 0.632. The molecule has 1 aromatic carbocycles. The number of halogens is 1. The van der Waals surface area contributed by atoms with Crippen molar-refractivity contribution in [1.82, 2.24) is 0 Å². The normalized spacial score (nSPS) is 15.8. The number of unbranched alkanes of at least 4 members (excludes halogenated alkanes) is 5. The topological polar surface area (TPSA) is 3.01 Å². The molecule has 0 aliphatic carbocycles. The molecule has 0 fully saturated rings. The summed E-state index contributed by atoms with van der Waals surface area (Å²) in [5.41, 5.74) is 4.62. The molecule has 0 radical (unpaired) electrons. The lowest BCUT2D eigenvalue weighted by Crippen LogP contribution is -3.00. The highest BCUT2D eigenvalue weighted by atomic mass is 79.9. The average molecular weight is 352 g/mol. The molecule has 1 aliphatic rings. The number of hydrogen-bond donors (Lipinski definition) is 0. The SMILES string of the molecule is CCCCCCCC[N+]1=C(C)C(C)(C)c2ccccc21.[Br-]. The van der Waals surface area contributed by atoms with Gasteiger partial charge in [-0.3, -0.25) is 0 Å². The van der Waals surface area contributed by atoms with E-state index in [1.54, 1.807) is 0 Å². The first-order valence-electron chi connectivity index (χ1n) is 8.30. The molecular formula is C19H30BrN. The van der Waals surface area contributed by atoms with Crippen molar-refractivity contribution in [2.45, 2.75) is 71.6 Å². The van der Waals surface area contributed by atoms with Gasteiger partial charge in [0.05, 0.1) is 5.41 Å². The minimum Gasteiger partial charge on any atom is -1.00 e. The molecule has 2 rings (SSSR count). The van der Waals surface area contributed by atoms with E-state index in [9.17, 15) is 0 Å². The molecule has 1 aliphatic heterocycles. The summed E-state index contributed by atoms with van der Waals surface area (Å²) in [7, 11) is 0. The van der Waals surface area contributed by atoms with Crippen molar-refractivity contribution in [3.63, 3.8) is 0 Å². The number of fused-ring (bicyclic) bond motifs is 1. The van der Waals surface area contributed by atoms with E-state index >= 15 is 0 Å². The zero-order valence-corrected chi connectivity index (χ0v) is 15.7. The third-order valence-corrected chi connectivity index (χ3v) is 4.91. The lowest BCUT2D eigenvalue weighted by atomic mass is 9.82. The Morgan fingerprint density at radius 1 is 0.952 bits per heavy atom. The molecule has 118 valence electrons. The second-order valence-electron chi connectivity index (χ2n) is 6.65. The van der Waals surface area contributed by atoms with Crippen molar-refractivity contribution >= 4 is 11.4 Å². The van der Waals surface area contributed by atoms with Gasteiger partial charge in [0.2, 0.25) is 5.69 Å². The van der Waals surface area contributed by atoms with Gasteiger partial charge in [0.25, 0.3) is 0 Å². The number of para-hydroxylation sites is 1. The summed E-state index contributed by atoms with van der Waals surface area (Å²) in [6.45, 7) is 10.5. The highest BCUT2D eigenvalue weighted by molar-refractivity contribution is 5.93. The van der Waals surface area contributed by atoms with E-state index in [1.807, 2.05) is 0 Å². The molecule has 1 aromatic rings. The molecule has 0 saturated heterocycles. The van der Waals surface area contributed by atoms with Crippen molar-refractivity contribution in [2.75, 3.05) is 6.54 Å². The van der Waals surface area contributed by atoms with Gasteiger partial charge in [0, 0.05) is 25.0 Å². The number of benzene rings is 1. The maximum Gasteiger partial charge on any atom is 0.209 e. The van der Waals surface area contributed by atoms with Crippen molar-refractivity contribution in [1.29, 1.82) is 0 Å². The van der Waals surface area contributed by atoms with Gasteiger partial charge in [-0.2, -0.15) is 4.58 Å². The minimum absolute atomic E-state index is 0. The van der Waals surface area contributed by atoms with E-state index in [0.29, 0.717) is 0 Å². The maximum atomic E-state index is 2.55. The standard InChI is InChI=1S/C19H30N.BrH/c1-5-6-7-8-9-12-15-20-16(2)19(3,4)17-13-10-11-14-18(17)20;/h10-11,13-14H,5-9,12,15H2,1-4H3;1H/q+1;/p-1. The maximum absolute atomic E-state index is 2.55. The van der Waals surface area contributed by atoms with E-state index in [4.69, 9.17) is 0 Å². The number of rotatable bonds is 7. The summed E-state index contributed by atoms with van der Waals surface area (Å²) in [4.78, 5) is 0. The van der Waals surface area contributed by atoms with Crippen LogP contribution < -0.4 is 17.0 Å². The Balaban J connectivity index is 0.00000220. The summed E-state index contributed by atoms with van der Waals surface area (Å²) in [6.07, 6.45) is 8.20. The van der Waals surface area contributed by atoms with Crippen LogP contribution in [0.3, 0.4) is 0 Å². The molecule has 0 amide bonds. The predicted octanol–water partition coefficient (Wildman–Crippen LogP) is 2.45. The molecule has 1 heterocycles. The minimum atomic E-state index is 0. The molecule has 1 nitrogen and oxygen atoms in total. The first-order valence-corrected chi connectivity index (χ1v) is 8.30. The van der Waals surface area contributed by atoms with Crippen LogP contribution in [0, 0.1) is 0 Å². The van der Waals surface area contributed by atoms with E-state index in [2.05, 4.69) is 56.5 Å². The van der Waals surface area contributed by atoms with Crippen LogP contribution in [-0.2, 0) is 5.41 Å². The van der Waals surface area contributed by atoms with Gasteiger partial charge in [-0.25, -0.2) is 0 Å². The highest BCUT2D eigenvalue weighted by Gasteiger charge is 2.42. The second-order valence-corrected chi connectivity index (χ2v) is 6.65. The molecule has 0 unspecified atom stereocenters. The van der Waals surface area contributed by atoms with Gasteiger partial charge in [0.15, 0.2) is 5.71 Å². The largest absolute Gasteiger partial charge is 1.00 e. The van der Waals surface area contributed by atoms with Crippen molar-refractivity contribution < 1.29 is 21.6 Å². The lowest BCUT2D eigenvalue weighted by Gasteiger charge is -2.14. The Morgan fingerprint density at radius 3 is 2.29 bits per heavy atom. The predicted molar refractivity (Wildman–Crippen MR) is 88.3 cm³/mol. The summed E-state index contributed by atoms with van der Waals surface area (Å²) in [5.74, 6) is 0. The fourth-order valence-electron chi connectivity index (χ4n) is 3.29. The Hall–Kier alpha value is -0.630. The Kier molecular flexibility index (Phi) is 7.12. The van der Waals surface area contributed by atoms with Gasteiger partial charge in [0.1, 0.15) is 6.54 Å². The number of hydrogen-bond acceptors (Lipinski definition) is 0. The van der Waals surface area contributed by atoms with E-state index in [1.165, 1.54) is 62.0 Å². The average Bonchev–Trinajstić information content (AvgIpc) is 2.64. The van der Waals surface area contributed by atoms with Crippen LogP contribution in [0.4, 0.5) is 5.69 Å². The zero-order chi connectivity index (χ0) is 14.6. The van der Waals surface area contributed by atoms with Crippen LogP contribution in [0.1, 0.15) is 71.8 Å². The van der Waals surface area contributed by atoms with Crippen LogP contribution in [0.5, 0.6) is 0 Å². The first kappa shape index (κ1) is 18.4. The van der Waals surface area contributed by atoms with Crippen LogP contribution in [0.15, 0.2) is 24.3 Å². The lowest BCUT2D eigenvalue weighted by molar-refractivity contribution is -0.439. The third kappa shape index (κ3) is 3.97. The van der Waals surface area contributed by atoms with Crippen molar-refractivity contribution in [3.8, 4) is 0 Å². The monoisotopic (exact) mass is 351 g/mol. The van der Waals surface area contributed by atoms with E-state index < -0.39 is 0 Å². The van der Waals surface area contributed by atoms with Crippen molar-refractivity contribution in [2.24, 2.45) is 0 Å². The smallest absolute Gasteiger partial charge is 0.209 e. The summed E-state index contributed by atoms with van der Waals surface area (Å²) in [5, 5.41) is 0. The molecule has 0 spiro atoms. The molecule has 2 heteroatoms. The van der Waals surface area contributed by atoms with Gasteiger partial charge in [-0.05, 0) is 20.3 Å². The van der Waals surface area contributed by atoms with Gasteiger partial charge >= 0.3 is 0 Å². The Labute approximate surface area is 141 Å². The van der Waals surface area contributed by atoms with Crippen LogP contribution >= 0.6 is 0 Å². The van der Waals surface area contributed by atoms with Gasteiger partial charge in [-0.1, -0.05) is 50.8 Å². The fourth-order valence-corrected chi connectivity index (χ4v) is 3.29. The molecule has 0 N–H and O–H groups in total. The van der Waals surface area contributed by atoms with Crippen LogP contribution in [-0.4, -0.2) is 16.8 Å². The second kappa shape index (κ2) is 8.12. The highest BCUT2D eigenvalue weighted by Crippen LogP contribution is 2.39. The molecule has 0 saturated carbocycles. The summed E-state index contributed by atoms with van der Waals surface area (Å²) < 4.78 is 2.55. The van der Waals surface area contributed by atoms with Gasteiger partial charge < -0.3 is 17.0 Å². The van der Waals surface area contributed by atoms with Crippen LogP contribution in [0.2, 0.25) is 0 Å². The van der Waals surface area contributed by atoms with E-state index in [0.717, 1.165) is 0 Å². The molecule has 0 atom stereocenters. The Bertz CT molecular complexity index is 488. The molecule has 21 heavy (non-hydrogen) atoms. The zero-order valence-electron chi connectivity index (χ0n) is 14.1. The van der Waals surface area contributed by atoms with E-state index in [-0.39, 0.29) is 22.4 Å².